The summed E-state index contributed by atoms with van der Waals surface area (Å²) in [5, 5.41) is 4.61. The van der Waals surface area contributed by atoms with Gasteiger partial charge in [0.05, 0.1) is 0 Å². The molecule has 0 amide bonds. The molecule has 1 aromatic carbocycles. The van der Waals surface area contributed by atoms with Crippen LogP contribution in [0.2, 0.25) is 5.02 Å². The van der Waals surface area contributed by atoms with Gasteiger partial charge in [0.1, 0.15) is 0 Å². The van der Waals surface area contributed by atoms with Crippen molar-refractivity contribution < 1.29 is 0 Å². The fourth-order valence-electron chi connectivity index (χ4n) is 3.41. The van der Waals surface area contributed by atoms with Crippen molar-refractivity contribution in [3.8, 4) is 0 Å². The Bertz CT molecular complexity index is 407. The second kappa shape index (κ2) is 6.28. The van der Waals surface area contributed by atoms with E-state index in [0.29, 0.717) is 0 Å². The molecule has 0 heterocycles. The molecule has 104 valence electrons. The van der Waals surface area contributed by atoms with Crippen LogP contribution in [0.15, 0.2) is 24.3 Å². The number of hydrogen-bond donors (Lipinski definition) is 1. The van der Waals surface area contributed by atoms with Crippen molar-refractivity contribution in [2.45, 2.75) is 51.0 Å². The third-order valence-corrected chi connectivity index (χ3v) is 4.93. The summed E-state index contributed by atoms with van der Waals surface area (Å²) >= 11 is 6.11. The van der Waals surface area contributed by atoms with Gasteiger partial charge in [-0.05, 0) is 55.3 Å². The van der Waals surface area contributed by atoms with Gasteiger partial charge >= 0.3 is 0 Å². The predicted octanol–water partition coefficient (Wildman–Crippen LogP) is 4.44. The maximum Gasteiger partial charge on any atom is 0.0408 e. The molecule has 1 atom stereocenters. The summed E-state index contributed by atoms with van der Waals surface area (Å²) < 4.78 is 0. The van der Waals surface area contributed by atoms with Crippen LogP contribution in [0.5, 0.6) is 0 Å². The number of halogens is 1. The van der Waals surface area contributed by atoms with E-state index in [2.05, 4.69) is 23.5 Å². The van der Waals surface area contributed by atoms with Crippen molar-refractivity contribution in [1.82, 2.24) is 5.32 Å². The average Bonchev–Trinajstić information content (AvgIpc) is 3.07. The lowest BCUT2D eigenvalue weighted by atomic mass is 9.85. The van der Waals surface area contributed by atoms with Crippen LogP contribution < -0.4 is 5.32 Å². The minimum absolute atomic E-state index is 0.793. The first kappa shape index (κ1) is 13.5. The normalized spacial score (nSPS) is 21.7. The highest BCUT2D eigenvalue weighted by Crippen LogP contribution is 2.34. The zero-order valence-electron chi connectivity index (χ0n) is 11.6. The molecule has 3 rings (SSSR count). The lowest BCUT2D eigenvalue weighted by Gasteiger charge is -2.24. The van der Waals surface area contributed by atoms with Gasteiger partial charge in [-0.1, -0.05) is 49.4 Å². The van der Waals surface area contributed by atoms with E-state index in [4.69, 9.17) is 11.6 Å². The lowest BCUT2D eigenvalue weighted by Crippen LogP contribution is -2.30. The van der Waals surface area contributed by atoms with Crippen LogP contribution in [-0.4, -0.2) is 12.6 Å². The van der Waals surface area contributed by atoms with E-state index >= 15 is 0 Å². The summed E-state index contributed by atoms with van der Waals surface area (Å²) in [6.07, 6.45) is 9.67. The molecule has 19 heavy (non-hydrogen) atoms. The third-order valence-electron chi connectivity index (χ3n) is 4.70. The molecule has 2 fully saturated rings. The van der Waals surface area contributed by atoms with Gasteiger partial charge in [-0.3, -0.25) is 0 Å². The van der Waals surface area contributed by atoms with E-state index in [1.807, 2.05) is 6.07 Å². The third kappa shape index (κ3) is 3.97. The van der Waals surface area contributed by atoms with Crippen molar-refractivity contribution >= 4 is 11.6 Å². The first-order valence-electron chi connectivity index (χ1n) is 7.79. The lowest BCUT2D eigenvalue weighted by molar-refractivity contribution is 0.320. The van der Waals surface area contributed by atoms with Crippen molar-refractivity contribution in [3.63, 3.8) is 0 Å². The van der Waals surface area contributed by atoms with Gasteiger partial charge in [-0.15, -0.1) is 0 Å². The number of rotatable bonds is 6. The Kier molecular flexibility index (Phi) is 4.45. The van der Waals surface area contributed by atoms with Crippen molar-refractivity contribution in [2.75, 3.05) is 6.54 Å². The quantitative estimate of drug-likeness (QED) is 0.810. The molecule has 1 nitrogen and oxygen atoms in total. The molecule has 1 aromatic rings. The van der Waals surface area contributed by atoms with Gasteiger partial charge in [-0.25, -0.2) is 0 Å². The first-order valence-corrected chi connectivity index (χ1v) is 8.17. The largest absolute Gasteiger partial charge is 0.314 e. The van der Waals surface area contributed by atoms with E-state index in [1.54, 1.807) is 0 Å². The smallest absolute Gasteiger partial charge is 0.0408 e. The second-order valence-electron chi connectivity index (χ2n) is 6.32. The second-order valence-corrected chi connectivity index (χ2v) is 6.76. The van der Waals surface area contributed by atoms with Crippen molar-refractivity contribution in [3.05, 3.63) is 34.9 Å². The Balaban J connectivity index is 1.62. The Labute approximate surface area is 121 Å². The topological polar surface area (TPSA) is 12.0 Å². The molecule has 0 saturated heterocycles. The zero-order chi connectivity index (χ0) is 13.1. The van der Waals surface area contributed by atoms with Crippen LogP contribution in [0.25, 0.3) is 0 Å². The highest BCUT2D eigenvalue weighted by Gasteiger charge is 2.28. The fourth-order valence-corrected chi connectivity index (χ4v) is 3.62. The maximum atomic E-state index is 6.11. The van der Waals surface area contributed by atoms with Gasteiger partial charge in [0.2, 0.25) is 0 Å². The summed E-state index contributed by atoms with van der Waals surface area (Å²) in [4.78, 5) is 0. The molecule has 2 aliphatic rings. The van der Waals surface area contributed by atoms with E-state index in [-0.39, 0.29) is 0 Å². The van der Waals surface area contributed by atoms with Crippen LogP contribution in [0, 0.1) is 11.8 Å². The fraction of sp³-hybridized carbons (Fsp3) is 0.647. The Morgan fingerprint density at radius 2 is 1.95 bits per heavy atom. The molecular formula is C17H24ClN. The van der Waals surface area contributed by atoms with E-state index in [1.165, 1.54) is 57.1 Å². The molecule has 1 N–H and O–H groups in total. The van der Waals surface area contributed by atoms with Gasteiger partial charge in [-0.2, -0.15) is 0 Å². The summed E-state index contributed by atoms with van der Waals surface area (Å²) in [5.74, 6) is 1.71. The Hall–Kier alpha value is -0.530. The average molecular weight is 278 g/mol. The minimum atomic E-state index is 0.793. The van der Waals surface area contributed by atoms with Gasteiger partial charge in [0.25, 0.3) is 0 Å². The number of benzene rings is 1. The molecule has 2 aliphatic carbocycles. The number of hydrogen-bond acceptors (Lipinski definition) is 1. The molecule has 0 radical (unpaired) electrons. The summed E-state index contributed by atoms with van der Waals surface area (Å²) in [6.45, 7) is 1.20. The molecule has 0 aliphatic heterocycles. The van der Waals surface area contributed by atoms with Crippen LogP contribution in [-0.2, 0) is 6.42 Å². The Morgan fingerprint density at radius 1 is 1.16 bits per heavy atom. The molecule has 2 saturated carbocycles. The number of nitrogens with one attached hydrogen (secondary N) is 1. The van der Waals surface area contributed by atoms with Crippen LogP contribution >= 0.6 is 11.6 Å². The monoisotopic (exact) mass is 277 g/mol. The van der Waals surface area contributed by atoms with E-state index in [9.17, 15) is 0 Å². The SMILES string of the molecule is Clc1cccc(CC(CNC2CC2)C2CCCC2)c1. The van der Waals surface area contributed by atoms with Crippen LogP contribution in [0.4, 0.5) is 0 Å². The first-order chi connectivity index (χ1) is 9.31. The highest BCUT2D eigenvalue weighted by atomic mass is 35.5. The summed E-state index contributed by atoms with van der Waals surface area (Å²) in [6, 6.07) is 9.24. The van der Waals surface area contributed by atoms with Crippen molar-refractivity contribution in [1.29, 1.82) is 0 Å². The molecule has 0 aromatic heterocycles. The van der Waals surface area contributed by atoms with Gasteiger partial charge < -0.3 is 5.32 Å². The minimum Gasteiger partial charge on any atom is -0.314 e. The summed E-state index contributed by atoms with van der Waals surface area (Å²) in [5.41, 5.74) is 1.40. The maximum absolute atomic E-state index is 6.11. The van der Waals surface area contributed by atoms with Crippen LogP contribution in [0.1, 0.15) is 44.1 Å². The molecule has 0 spiro atoms. The molecule has 1 unspecified atom stereocenters. The molecule has 2 heteroatoms. The predicted molar refractivity (Wildman–Crippen MR) is 81.6 cm³/mol. The standard InChI is InChI=1S/C17H24ClN/c18-16-7-3-4-13(11-16)10-15(12-19-17-8-9-17)14-5-1-2-6-14/h3-4,7,11,14-15,17,19H,1-2,5-6,8-10,12H2. The van der Waals surface area contributed by atoms with E-state index in [0.717, 1.165) is 22.9 Å². The summed E-state index contributed by atoms with van der Waals surface area (Å²) in [7, 11) is 0. The molecule has 0 bridgehead atoms. The highest BCUT2D eigenvalue weighted by molar-refractivity contribution is 6.30. The van der Waals surface area contributed by atoms with Crippen molar-refractivity contribution in [2.24, 2.45) is 11.8 Å². The molecular weight excluding hydrogens is 254 g/mol. The van der Waals surface area contributed by atoms with E-state index < -0.39 is 0 Å². The van der Waals surface area contributed by atoms with Crippen LogP contribution in [0.3, 0.4) is 0 Å². The van der Waals surface area contributed by atoms with Gasteiger partial charge in [0.15, 0.2) is 0 Å². The van der Waals surface area contributed by atoms with Gasteiger partial charge in [0, 0.05) is 11.1 Å². The zero-order valence-corrected chi connectivity index (χ0v) is 12.3. The Morgan fingerprint density at radius 3 is 2.63 bits per heavy atom.